The molecule has 0 saturated heterocycles. The van der Waals surface area contributed by atoms with Crippen LogP contribution in [0.1, 0.15) is 17.0 Å². The van der Waals surface area contributed by atoms with Gasteiger partial charge in [-0.25, -0.2) is 0 Å². The van der Waals surface area contributed by atoms with E-state index in [4.69, 9.17) is 4.74 Å². The molecule has 7 heteroatoms. The van der Waals surface area contributed by atoms with Gasteiger partial charge in [0.25, 0.3) is 0 Å². The highest BCUT2D eigenvalue weighted by Gasteiger charge is 2.34. The lowest BCUT2D eigenvalue weighted by Crippen LogP contribution is -2.20. The second kappa shape index (κ2) is 6.46. The first-order chi connectivity index (χ1) is 10.4. The minimum Gasteiger partial charge on any atom is -0.492 e. The Kier molecular flexibility index (Phi) is 4.65. The van der Waals surface area contributed by atoms with E-state index in [2.05, 4.69) is 4.98 Å². The van der Waals surface area contributed by atoms with Crippen molar-refractivity contribution in [2.24, 2.45) is 0 Å². The summed E-state index contributed by atoms with van der Waals surface area (Å²) in [6.45, 7) is -0.423. The van der Waals surface area contributed by atoms with Crippen molar-refractivity contribution in [3.05, 3.63) is 59.9 Å². The Morgan fingerprint density at radius 3 is 2.55 bits per heavy atom. The van der Waals surface area contributed by atoms with Crippen molar-refractivity contribution >= 4 is 5.97 Å². The summed E-state index contributed by atoms with van der Waals surface area (Å²) < 4.78 is 43.7. The average molecular weight is 311 g/mol. The zero-order chi connectivity index (χ0) is 16.2. The minimum atomic E-state index is -4.57. The fraction of sp³-hybridized carbons (Fsp3) is 0.200. The summed E-state index contributed by atoms with van der Waals surface area (Å²) in [7, 11) is 0. The highest BCUT2D eigenvalue weighted by molar-refractivity contribution is 5.76. The summed E-state index contributed by atoms with van der Waals surface area (Å²) in [5.41, 5.74) is -0.579. The smallest absolute Gasteiger partial charge is 0.419 e. The molecule has 1 heterocycles. The number of hydrogen-bond acceptors (Lipinski definition) is 3. The number of carboxylic acid groups (broad SMARTS) is 1. The van der Waals surface area contributed by atoms with Gasteiger partial charge in [-0.15, -0.1) is 0 Å². The molecule has 1 atom stereocenters. The fourth-order valence-electron chi connectivity index (χ4n) is 1.89. The lowest BCUT2D eigenvalue weighted by molar-refractivity contribution is -0.140. The molecule has 4 nitrogen and oxygen atoms in total. The molecule has 0 saturated carbocycles. The monoisotopic (exact) mass is 311 g/mol. The third-order valence-corrected chi connectivity index (χ3v) is 2.98. The largest absolute Gasteiger partial charge is 0.492 e. The number of halogens is 3. The summed E-state index contributed by atoms with van der Waals surface area (Å²) in [5.74, 6) is -2.70. The Hall–Kier alpha value is -2.57. The van der Waals surface area contributed by atoms with Gasteiger partial charge in [-0.2, -0.15) is 13.2 Å². The third kappa shape index (κ3) is 3.75. The third-order valence-electron chi connectivity index (χ3n) is 2.98. The molecule has 1 unspecified atom stereocenters. The van der Waals surface area contributed by atoms with Crippen molar-refractivity contribution in [2.75, 3.05) is 6.61 Å². The number of hydrogen-bond donors (Lipinski definition) is 1. The summed E-state index contributed by atoms with van der Waals surface area (Å²) in [4.78, 5) is 15.1. The molecule has 1 N–H and O–H groups in total. The van der Waals surface area contributed by atoms with Gasteiger partial charge in [0.15, 0.2) is 0 Å². The van der Waals surface area contributed by atoms with E-state index in [0.29, 0.717) is 5.56 Å². The maximum Gasteiger partial charge on any atom is 0.419 e. The number of aromatic nitrogens is 1. The van der Waals surface area contributed by atoms with E-state index in [0.717, 1.165) is 12.1 Å². The Bertz CT molecular complexity index is 644. The normalized spacial score (nSPS) is 12.7. The number of alkyl halides is 3. The van der Waals surface area contributed by atoms with Crippen molar-refractivity contribution < 1.29 is 27.8 Å². The van der Waals surface area contributed by atoms with Crippen LogP contribution in [0.4, 0.5) is 13.2 Å². The van der Waals surface area contributed by atoms with Crippen LogP contribution in [-0.2, 0) is 11.0 Å². The summed E-state index contributed by atoms with van der Waals surface area (Å²) >= 11 is 0. The number of pyridine rings is 1. The van der Waals surface area contributed by atoms with Crippen molar-refractivity contribution in [1.29, 1.82) is 0 Å². The van der Waals surface area contributed by atoms with Crippen LogP contribution < -0.4 is 4.74 Å². The number of aliphatic carboxylic acids is 1. The molecule has 116 valence electrons. The highest BCUT2D eigenvalue weighted by atomic mass is 19.4. The number of carbonyl (C=O) groups is 1. The maximum atomic E-state index is 12.8. The summed E-state index contributed by atoms with van der Waals surface area (Å²) in [6.07, 6.45) is -1.75. The first-order valence-corrected chi connectivity index (χ1v) is 6.31. The molecule has 0 fully saturated rings. The fourth-order valence-corrected chi connectivity index (χ4v) is 1.89. The van der Waals surface area contributed by atoms with Crippen molar-refractivity contribution in [3.8, 4) is 5.75 Å². The predicted molar refractivity (Wildman–Crippen MR) is 71.6 cm³/mol. The van der Waals surface area contributed by atoms with Crippen LogP contribution in [0.25, 0.3) is 0 Å². The van der Waals surface area contributed by atoms with E-state index in [1.54, 1.807) is 6.07 Å². The topological polar surface area (TPSA) is 59.4 Å². The van der Waals surface area contributed by atoms with Crippen LogP contribution in [0, 0.1) is 0 Å². The van der Waals surface area contributed by atoms with Crippen LogP contribution in [0.2, 0.25) is 0 Å². The molecule has 0 radical (unpaired) electrons. The van der Waals surface area contributed by atoms with Crippen molar-refractivity contribution in [2.45, 2.75) is 12.1 Å². The number of para-hydroxylation sites is 1. The van der Waals surface area contributed by atoms with Crippen LogP contribution in [0.3, 0.4) is 0 Å². The Labute approximate surface area is 124 Å². The van der Waals surface area contributed by atoms with Crippen LogP contribution in [-0.4, -0.2) is 22.7 Å². The van der Waals surface area contributed by atoms with E-state index in [1.165, 1.54) is 30.6 Å². The number of ether oxygens (including phenoxy) is 1. The first kappa shape index (κ1) is 15.8. The van der Waals surface area contributed by atoms with Crippen LogP contribution in [0.5, 0.6) is 5.75 Å². The SMILES string of the molecule is O=C(O)C(COc1ccccc1C(F)(F)F)c1cccnc1. The molecule has 2 rings (SSSR count). The van der Waals surface area contributed by atoms with Gasteiger partial charge >= 0.3 is 12.1 Å². The molecule has 1 aromatic carbocycles. The molecular formula is C15H12F3NO3. The average Bonchev–Trinajstić information content (AvgIpc) is 2.47. The molecule has 0 amide bonds. The minimum absolute atomic E-state index is 0.361. The zero-order valence-corrected chi connectivity index (χ0v) is 11.2. The number of rotatable bonds is 5. The van der Waals surface area contributed by atoms with Gasteiger partial charge in [0.1, 0.15) is 18.3 Å². The standard InChI is InChI=1S/C15H12F3NO3/c16-15(17,18)12-5-1-2-6-13(12)22-9-11(14(20)21)10-4-3-7-19-8-10/h1-8,11H,9H2,(H,20,21). The number of benzene rings is 1. The number of nitrogens with zero attached hydrogens (tertiary/aromatic N) is 1. The van der Waals surface area contributed by atoms with Gasteiger partial charge in [0, 0.05) is 12.4 Å². The molecule has 22 heavy (non-hydrogen) atoms. The maximum absolute atomic E-state index is 12.8. The summed E-state index contributed by atoms with van der Waals surface area (Å²) in [6, 6.07) is 7.76. The second-order valence-electron chi connectivity index (χ2n) is 4.48. The van der Waals surface area contributed by atoms with Gasteiger partial charge in [-0.1, -0.05) is 18.2 Å². The van der Waals surface area contributed by atoms with Crippen LogP contribution in [0.15, 0.2) is 48.8 Å². The predicted octanol–water partition coefficient (Wildman–Crippen LogP) is 3.35. The molecule has 0 spiro atoms. The van der Waals surface area contributed by atoms with Gasteiger partial charge in [-0.3, -0.25) is 9.78 Å². The van der Waals surface area contributed by atoms with E-state index < -0.39 is 36.0 Å². The lowest BCUT2D eigenvalue weighted by atomic mass is 10.0. The second-order valence-corrected chi connectivity index (χ2v) is 4.48. The molecule has 0 bridgehead atoms. The van der Waals surface area contributed by atoms with Gasteiger partial charge < -0.3 is 9.84 Å². The van der Waals surface area contributed by atoms with Gasteiger partial charge in [0.05, 0.1) is 5.56 Å². The zero-order valence-electron chi connectivity index (χ0n) is 11.2. The van der Waals surface area contributed by atoms with E-state index in [-0.39, 0.29) is 0 Å². The van der Waals surface area contributed by atoms with Gasteiger partial charge in [0.2, 0.25) is 0 Å². The Balaban J connectivity index is 2.20. The molecule has 0 aliphatic carbocycles. The molecule has 2 aromatic rings. The molecule has 1 aromatic heterocycles. The Morgan fingerprint density at radius 2 is 1.95 bits per heavy atom. The lowest BCUT2D eigenvalue weighted by Gasteiger charge is -2.17. The Morgan fingerprint density at radius 1 is 1.23 bits per heavy atom. The van der Waals surface area contributed by atoms with Crippen molar-refractivity contribution in [1.82, 2.24) is 4.98 Å². The first-order valence-electron chi connectivity index (χ1n) is 6.31. The molecular weight excluding hydrogens is 299 g/mol. The van der Waals surface area contributed by atoms with Crippen LogP contribution >= 0.6 is 0 Å². The molecule has 0 aliphatic heterocycles. The molecule has 0 aliphatic rings. The van der Waals surface area contributed by atoms with E-state index in [9.17, 15) is 23.1 Å². The van der Waals surface area contributed by atoms with Gasteiger partial charge in [-0.05, 0) is 23.8 Å². The number of carboxylic acids is 1. The quantitative estimate of drug-likeness (QED) is 0.920. The van der Waals surface area contributed by atoms with E-state index >= 15 is 0 Å². The van der Waals surface area contributed by atoms with Crippen molar-refractivity contribution in [3.63, 3.8) is 0 Å². The highest BCUT2D eigenvalue weighted by Crippen LogP contribution is 2.36. The van der Waals surface area contributed by atoms with E-state index in [1.807, 2.05) is 0 Å². The summed E-state index contributed by atoms with van der Waals surface area (Å²) in [5, 5.41) is 9.20.